The number of carbonyl (C=O) groups excluding carboxylic acids is 1. The van der Waals surface area contributed by atoms with E-state index in [4.69, 9.17) is 18.8 Å². The minimum Gasteiger partial charge on any atom is -0.492 e. The van der Waals surface area contributed by atoms with Gasteiger partial charge >= 0.3 is 13.2 Å². The molecule has 31 heavy (non-hydrogen) atoms. The van der Waals surface area contributed by atoms with Gasteiger partial charge in [0.2, 0.25) is 0 Å². The topological polar surface area (TPSA) is 60.5 Å². The number of piperazine rings is 1. The predicted molar refractivity (Wildman–Crippen MR) is 122 cm³/mol. The first-order chi connectivity index (χ1) is 14.4. The number of nitrogens with zero attached hydrogens (tertiary/aromatic N) is 2. The molecule has 0 spiro atoms. The zero-order valence-corrected chi connectivity index (χ0v) is 20.1. The van der Waals surface area contributed by atoms with Crippen LogP contribution in [-0.4, -0.2) is 79.1 Å². The van der Waals surface area contributed by atoms with Gasteiger partial charge in [0.1, 0.15) is 18.0 Å². The van der Waals surface area contributed by atoms with E-state index in [9.17, 15) is 4.79 Å². The Kier molecular flexibility index (Phi) is 6.94. The van der Waals surface area contributed by atoms with Gasteiger partial charge in [0.25, 0.3) is 0 Å². The molecule has 2 aliphatic heterocycles. The fraction of sp³-hybridized carbons (Fsp3) is 0.696. The second-order valence-corrected chi connectivity index (χ2v) is 10.3. The van der Waals surface area contributed by atoms with Crippen LogP contribution in [0.4, 0.5) is 4.79 Å². The van der Waals surface area contributed by atoms with Gasteiger partial charge in [-0.15, -0.1) is 0 Å². The maximum absolute atomic E-state index is 12.2. The largest absolute Gasteiger partial charge is 0.494 e. The lowest BCUT2D eigenvalue weighted by Crippen LogP contribution is -2.50. The van der Waals surface area contributed by atoms with Gasteiger partial charge in [0.15, 0.2) is 0 Å². The Labute approximate surface area is 187 Å². The summed E-state index contributed by atoms with van der Waals surface area (Å²) in [5, 5.41) is 0. The predicted octanol–water partition coefficient (Wildman–Crippen LogP) is 2.92. The number of rotatable bonds is 5. The molecule has 2 aliphatic rings. The average Bonchev–Trinajstić information content (AvgIpc) is 2.89. The van der Waals surface area contributed by atoms with E-state index in [0.29, 0.717) is 19.7 Å². The molecule has 0 atom stereocenters. The van der Waals surface area contributed by atoms with Crippen LogP contribution in [0.25, 0.3) is 0 Å². The van der Waals surface area contributed by atoms with Crippen molar-refractivity contribution in [3.8, 4) is 5.75 Å². The van der Waals surface area contributed by atoms with Crippen molar-refractivity contribution in [2.45, 2.75) is 65.3 Å². The molecule has 0 aliphatic carbocycles. The summed E-state index contributed by atoms with van der Waals surface area (Å²) in [5.41, 5.74) is -0.162. The molecule has 0 bridgehead atoms. The third-order valence-corrected chi connectivity index (χ3v) is 6.11. The fourth-order valence-electron chi connectivity index (χ4n) is 3.47. The van der Waals surface area contributed by atoms with E-state index in [0.717, 1.165) is 30.8 Å². The quantitative estimate of drug-likeness (QED) is 0.667. The number of ether oxygens (including phenoxy) is 2. The smallest absolute Gasteiger partial charge is 0.492 e. The minimum absolute atomic E-state index is 0.231. The molecular formula is C23H37BN2O5. The molecular weight excluding hydrogens is 395 g/mol. The van der Waals surface area contributed by atoms with Crippen LogP contribution in [0, 0.1) is 0 Å². The summed E-state index contributed by atoms with van der Waals surface area (Å²) in [6.45, 7) is 18.3. The molecule has 0 radical (unpaired) electrons. The zero-order chi connectivity index (χ0) is 22.9. The van der Waals surface area contributed by atoms with Gasteiger partial charge in [-0.1, -0.05) is 12.1 Å². The van der Waals surface area contributed by atoms with E-state index in [1.165, 1.54) is 0 Å². The van der Waals surface area contributed by atoms with E-state index in [2.05, 4.69) is 32.6 Å². The first-order valence-corrected chi connectivity index (χ1v) is 11.1. The maximum atomic E-state index is 12.2. The number of benzene rings is 1. The van der Waals surface area contributed by atoms with Gasteiger partial charge in [-0.3, -0.25) is 4.90 Å². The lowest BCUT2D eigenvalue weighted by atomic mass is 9.79. The van der Waals surface area contributed by atoms with E-state index < -0.39 is 5.60 Å². The maximum Gasteiger partial charge on any atom is 0.494 e. The third-order valence-electron chi connectivity index (χ3n) is 6.11. The fourth-order valence-corrected chi connectivity index (χ4v) is 3.47. The molecule has 172 valence electrons. The van der Waals surface area contributed by atoms with Crippen molar-refractivity contribution < 1.29 is 23.6 Å². The van der Waals surface area contributed by atoms with Crippen LogP contribution >= 0.6 is 0 Å². The first kappa shape index (κ1) is 23.9. The minimum atomic E-state index is -0.458. The molecule has 0 unspecified atom stereocenters. The summed E-state index contributed by atoms with van der Waals surface area (Å²) in [5.74, 6) is 0.827. The standard InChI is InChI=1S/C23H37BN2O5/c1-21(2,3)29-20(27)26-14-12-25(13-15-26)16-17-28-19-10-8-18(9-11-19)24-30-22(4,5)23(6,7)31-24/h8-11H,12-17H2,1-7H3. The van der Waals surface area contributed by atoms with Crippen molar-refractivity contribution in [1.82, 2.24) is 9.80 Å². The zero-order valence-electron chi connectivity index (χ0n) is 20.1. The third kappa shape index (κ3) is 6.15. The van der Waals surface area contributed by atoms with Crippen LogP contribution in [0.15, 0.2) is 24.3 Å². The van der Waals surface area contributed by atoms with Crippen molar-refractivity contribution in [3.05, 3.63) is 24.3 Å². The molecule has 0 aromatic heterocycles. The van der Waals surface area contributed by atoms with Gasteiger partial charge < -0.3 is 23.7 Å². The summed E-state index contributed by atoms with van der Waals surface area (Å²) < 4.78 is 23.6. The Hall–Kier alpha value is -1.77. The Morgan fingerprint density at radius 2 is 1.55 bits per heavy atom. The number of amides is 1. The number of hydrogen-bond acceptors (Lipinski definition) is 6. The SMILES string of the molecule is CC(C)(C)OC(=O)N1CCN(CCOc2ccc(B3OC(C)(C)C(C)(C)O3)cc2)CC1. The van der Waals surface area contributed by atoms with Crippen molar-refractivity contribution in [3.63, 3.8) is 0 Å². The lowest BCUT2D eigenvalue weighted by Gasteiger charge is -2.35. The van der Waals surface area contributed by atoms with Gasteiger partial charge in [-0.05, 0) is 66.1 Å². The molecule has 0 saturated carbocycles. The molecule has 1 aromatic carbocycles. The van der Waals surface area contributed by atoms with Gasteiger partial charge in [-0.2, -0.15) is 0 Å². The molecule has 8 heteroatoms. The monoisotopic (exact) mass is 432 g/mol. The van der Waals surface area contributed by atoms with Crippen LogP contribution in [0.2, 0.25) is 0 Å². The van der Waals surface area contributed by atoms with E-state index in [1.807, 2.05) is 45.0 Å². The summed E-state index contributed by atoms with van der Waals surface area (Å²) >= 11 is 0. The summed E-state index contributed by atoms with van der Waals surface area (Å²) in [7, 11) is -0.361. The molecule has 2 heterocycles. The van der Waals surface area contributed by atoms with Gasteiger partial charge in [0.05, 0.1) is 11.2 Å². The Morgan fingerprint density at radius 3 is 2.06 bits per heavy atom. The Morgan fingerprint density at radius 1 is 1.00 bits per heavy atom. The van der Waals surface area contributed by atoms with E-state index >= 15 is 0 Å². The summed E-state index contributed by atoms with van der Waals surface area (Å²) in [6, 6.07) is 7.91. The van der Waals surface area contributed by atoms with Crippen LogP contribution in [0.3, 0.4) is 0 Å². The van der Waals surface area contributed by atoms with E-state index in [1.54, 1.807) is 4.90 Å². The number of carbonyl (C=O) groups is 1. The van der Waals surface area contributed by atoms with Crippen LogP contribution < -0.4 is 10.2 Å². The normalized spacial score (nSPS) is 21.3. The van der Waals surface area contributed by atoms with Crippen LogP contribution in [0.1, 0.15) is 48.5 Å². The molecule has 2 saturated heterocycles. The van der Waals surface area contributed by atoms with Gasteiger partial charge in [0, 0.05) is 32.7 Å². The molecule has 0 N–H and O–H groups in total. The molecule has 1 amide bonds. The highest BCUT2D eigenvalue weighted by molar-refractivity contribution is 6.62. The van der Waals surface area contributed by atoms with E-state index in [-0.39, 0.29) is 24.4 Å². The number of hydrogen-bond donors (Lipinski definition) is 0. The van der Waals surface area contributed by atoms with Gasteiger partial charge in [-0.25, -0.2) is 4.79 Å². The Balaban J connectivity index is 1.40. The molecule has 1 aromatic rings. The van der Waals surface area contributed by atoms with Crippen LogP contribution in [-0.2, 0) is 14.0 Å². The van der Waals surface area contributed by atoms with Crippen molar-refractivity contribution in [2.24, 2.45) is 0 Å². The average molecular weight is 432 g/mol. The van der Waals surface area contributed by atoms with Crippen molar-refractivity contribution in [1.29, 1.82) is 0 Å². The highest BCUT2D eigenvalue weighted by Crippen LogP contribution is 2.36. The lowest BCUT2D eigenvalue weighted by molar-refractivity contribution is 0.00578. The first-order valence-electron chi connectivity index (χ1n) is 11.1. The Bertz CT molecular complexity index is 736. The highest BCUT2D eigenvalue weighted by Gasteiger charge is 2.51. The second-order valence-electron chi connectivity index (χ2n) is 10.3. The molecule has 3 rings (SSSR count). The van der Waals surface area contributed by atoms with Crippen LogP contribution in [0.5, 0.6) is 5.75 Å². The van der Waals surface area contributed by atoms with Crippen molar-refractivity contribution in [2.75, 3.05) is 39.3 Å². The second kappa shape index (κ2) is 9.00. The highest BCUT2D eigenvalue weighted by atomic mass is 16.7. The summed E-state index contributed by atoms with van der Waals surface area (Å²) in [4.78, 5) is 16.2. The van der Waals surface area contributed by atoms with Crippen molar-refractivity contribution >= 4 is 18.7 Å². The summed E-state index contributed by atoms with van der Waals surface area (Å²) in [6.07, 6.45) is -0.231. The molecule has 7 nitrogen and oxygen atoms in total. The molecule has 2 fully saturated rings.